The van der Waals surface area contributed by atoms with E-state index >= 15 is 0 Å². The van der Waals surface area contributed by atoms with Gasteiger partial charge in [0.2, 0.25) is 5.91 Å². The highest BCUT2D eigenvalue weighted by molar-refractivity contribution is 7.99. The van der Waals surface area contributed by atoms with Crippen molar-refractivity contribution >= 4 is 17.7 Å². The summed E-state index contributed by atoms with van der Waals surface area (Å²) in [5.41, 5.74) is 2.98. The first-order chi connectivity index (χ1) is 16.2. The van der Waals surface area contributed by atoms with Gasteiger partial charge in [0.15, 0.2) is 0 Å². The Hall–Kier alpha value is -2.36. The van der Waals surface area contributed by atoms with Crippen LogP contribution in [0.1, 0.15) is 29.7 Å². The maximum atomic E-state index is 12.8. The van der Waals surface area contributed by atoms with Gasteiger partial charge in [-0.3, -0.25) is 14.3 Å². The zero-order chi connectivity index (χ0) is 23.0. The van der Waals surface area contributed by atoms with E-state index in [1.54, 1.807) is 7.11 Å². The molecule has 1 saturated heterocycles. The summed E-state index contributed by atoms with van der Waals surface area (Å²) in [5, 5.41) is 3.64. The molecule has 2 heterocycles. The van der Waals surface area contributed by atoms with Crippen molar-refractivity contribution in [2.24, 2.45) is 0 Å². The number of carbonyl (C=O) groups is 1. The minimum Gasteiger partial charge on any atom is -0.496 e. The first-order valence-electron chi connectivity index (χ1n) is 11.6. The highest BCUT2D eigenvalue weighted by Gasteiger charge is 2.22. The van der Waals surface area contributed by atoms with Gasteiger partial charge in [0.05, 0.1) is 26.1 Å². The summed E-state index contributed by atoms with van der Waals surface area (Å²) in [4.78, 5) is 32.0. The van der Waals surface area contributed by atoms with Crippen molar-refractivity contribution in [3.05, 3.63) is 51.6 Å². The van der Waals surface area contributed by atoms with Gasteiger partial charge in [-0.05, 0) is 31.7 Å². The summed E-state index contributed by atoms with van der Waals surface area (Å²) in [6.07, 6.45) is 3.76. The number of nitrogens with zero attached hydrogens (tertiary/aromatic N) is 3. The Bertz CT molecular complexity index is 1020. The van der Waals surface area contributed by atoms with Gasteiger partial charge in [0.1, 0.15) is 10.8 Å². The van der Waals surface area contributed by atoms with E-state index in [-0.39, 0.29) is 17.3 Å². The van der Waals surface area contributed by atoms with Crippen molar-refractivity contribution in [1.82, 2.24) is 19.8 Å². The number of aromatic nitrogens is 2. The van der Waals surface area contributed by atoms with Gasteiger partial charge < -0.3 is 14.8 Å². The van der Waals surface area contributed by atoms with Gasteiger partial charge in [-0.2, -0.15) is 4.98 Å². The topological polar surface area (TPSA) is 85.7 Å². The van der Waals surface area contributed by atoms with Crippen molar-refractivity contribution in [2.75, 3.05) is 45.7 Å². The monoisotopic (exact) mass is 472 g/mol. The Labute approximate surface area is 198 Å². The molecule has 0 unspecified atom stereocenters. The van der Waals surface area contributed by atoms with Crippen molar-refractivity contribution in [3.8, 4) is 5.75 Å². The quantitative estimate of drug-likeness (QED) is 0.417. The Balaban J connectivity index is 1.33. The van der Waals surface area contributed by atoms with Crippen LogP contribution in [0.3, 0.4) is 0 Å². The van der Waals surface area contributed by atoms with E-state index < -0.39 is 0 Å². The van der Waals surface area contributed by atoms with Crippen molar-refractivity contribution in [2.45, 2.75) is 43.8 Å². The predicted molar refractivity (Wildman–Crippen MR) is 128 cm³/mol. The summed E-state index contributed by atoms with van der Waals surface area (Å²) < 4.78 is 12.6. The largest absolute Gasteiger partial charge is 0.496 e. The number of amides is 1. The molecule has 0 atom stereocenters. The van der Waals surface area contributed by atoms with Gasteiger partial charge >= 0.3 is 5.69 Å². The molecule has 9 heteroatoms. The molecular formula is C24H32N4O4S. The molecule has 0 saturated carbocycles. The predicted octanol–water partition coefficient (Wildman–Crippen LogP) is 1.87. The number of nitrogens with one attached hydrogen (secondary N) is 1. The van der Waals surface area contributed by atoms with Gasteiger partial charge in [-0.15, -0.1) is 0 Å². The zero-order valence-electron chi connectivity index (χ0n) is 19.2. The average molecular weight is 473 g/mol. The molecule has 4 rings (SSSR count). The lowest BCUT2D eigenvalue weighted by molar-refractivity contribution is -0.118. The highest BCUT2D eigenvalue weighted by atomic mass is 32.2. The van der Waals surface area contributed by atoms with Gasteiger partial charge in [0, 0.05) is 49.5 Å². The zero-order valence-corrected chi connectivity index (χ0v) is 20.0. The molecule has 1 aromatic carbocycles. The van der Waals surface area contributed by atoms with Crippen LogP contribution in [0.4, 0.5) is 0 Å². The second-order valence-corrected chi connectivity index (χ2v) is 9.28. The first-order valence-corrected chi connectivity index (χ1v) is 12.6. The SMILES string of the molecule is COc1ccccc1CNC(=O)CSc1nc(=O)n(CCCN2CCOCC2)c2c1CCC2. The van der Waals surface area contributed by atoms with Crippen molar-refractivity contribution in [3.63, 3.8) is 0 Å². The molecule has 1 aliphatic heterocycles. The van der Waals surface area contributed by atoms with Crippen LogP contribution in [0.5, 0.6) is 5.75 Å². The van der Waals surface area contributed by atoms with Crippen molar-refractivity contribution < 1.29 is 14.3 Å². The first kappa shape index (κ1) is 23.8. The Morgan fingerprint density at radius 2 is 2.03 bits per heavy atom. The van der Waals surface area contributed by atoms with Crippen LogP contribution in [-0.2, 0) is 35.5 Å². The number of ether oxygens (including phenoxy) is 2. The molecule has 0 spiro atoms. The summed E-state index contributed by atoms with van der Waals surface area (Å²) in [7, 11) is 1.62. The maximum absolute atomic E-state index is 12.8. The van der Waals surface area contributed by atoms with E-state index in [2.05, 4.69) is 15.2 Å². The van der Waals surface area contributed by atoms with E-state index in [1.807, 2.05) is 28.8 Å². The number of thioether (sulfide) groups is 1. The van der Waals surface area contributed by atoms with Crippen LogP contribution in [0.25, 0.3) is 0 Å². The Kier molecular flexibility index (Phi) is 8.41. The molecule has 1 fully saturated rings. The normalized spacial score (nSPS) is 15.9. The Morgan fingerprint density at radius 1 is 1.21 bits per heavy atom. The van der Waals surface area contributed by atoms with Crippen LogP contribution >= 0.6 is 11.8 Å². The molecule has 1 aromatic heterocycles. The van der Waals surface area contributed by atoms with E-state index in [0.717, 1.165) is 81.1 Å². The lowest BCUT2D eigenvalue weighted by Crippen LogP contribution is -2.37. The van der Waals surface area contributed by atoms with Crippen LogP contribution < -0.4 is 15.7 Å². The number of rotatable bonds is 10. The highest BCUT2D eigenvalue weighted by Crippen LogP contribution is 2.29. The second-order valence-electron chi connectivity index (χ2n) is 8.31. The van der Waals surface area contributed by atoms with Gasteiger partial charge in [-0.1, -0.05) is 30.0 Å². The summed E-state index contributed by atoms with van der Waals surface area (Å²) >= 11 is 1.36. The third-order valence-corrected chi connectivity index (χ3v) is 7.19. The van der Waals surface area contributed by atoms with E-state index in [4.69, 9.17) is 9.47 Å². The fraction of sp³-hybridized carbons (Fsp3) is 0.542. The van der Waals surface area contributed by atoms with Gasteiger partial charge in [0.25, 0.3) is 0 Å². The maximum Gasteiger partial charge on any atom is 0.348 e. The smallest absolute Gasteiger partial charge is 0.348 e. The molecule has 2 aliphatic rings. The Morgan fingerprint density at radius 3 is 2.85 bits per heavy atom. The summed E-state index contributed by atoms with van der Waals surface area (Å²) in [5.74, 6) is 0.894. The molecule has 33 heavy (non-hydrogen) atoms. The molecule has 1 amide bonds. The van der Waals surface area contributed by atoms with Crippen LogP contribution in [0, 0.1) is 0 Å². The van der Waals surface area contributed by atoms with Crippen molar-refractivity contribution in [1.29, 1.82) is 0 Å². The summed E-state index contributed by atoms with van der Waals surface area (Å²) in [6, 6.07) is 7.62. The van der Waals surface area contributed by atoms with Crippen LogP contribution in [0.15, 0.2) is 34.1 Å². The minimum atomic E-state index is -0.199. The second kappa shape index (κ2) is 11.7. The fourth-order valence-corrected chi connectivity index (χ4v) is 5.35. The molecule has 178 valence electrons. The van der Waals surface area contributed by atoms with E-state index in [1.165, 1.54) is 11.8 Å². The number of morpholine rings is 1. The molecule has 1 aliphatic carbocycles. The number of benzene rings is 1. The minimum absolute atomic E-state index is 0.0888. The molecule has 0 radical (unpaired) electrons. The number of methoxy groups -OCH3 is 1. The summed E-state index contributed by atoms with van der Waals surface area (Å²) in [6.45, 7) is 5.55. The number of carbonyl (C=O) groups excluding carboxylic acids is 1. The number of hydrogen-bond donors (Lipinski definition) is 1. The molecular weight excluding hydrogens is 440 g/mol. The fourth-order valence-electron chi connectivity index (χ4n) is 4.44. The molecule has 2 aromatic rings. The van der Waals surface area contributed by atoms with E-state index in [0.29, 0.717) is 18.1 Å². The standard InChI is InChI=1S/C24H32N4O4S/c1-31-21-9-3-2-6-18(21)16-25-22(29)17-33-23-19-7-4-8-20(19)28(24(30)26-23)11-5-10-27-12-14-32-15-13-27/h2-3,6,9H,4-5,7-8,10-17H2,1H3,(H,25,29). The number of fused-ring (bicyclic) bond motifs is 1. The average Bonchev–Trinajstić information content (AvgIpc) is 3.33. The number of hydrogen-bond acceptors (Lipinski definition) is 7. The van der Waals surface area contributed by atoms with E-state index in [9.17, 15) is 9.59 Å². The number of para-hydroxylation sites is 1. The lowest BCUT2D eigenvalue weighted by Gasteiger charge is -2.26. The third kappa shape index (κ3) is 6.16. The third-order valence-electron chi connectivity index (χ3n) is 6.17. The molecule has 0 bridgehead atoms. The van der Waals surface area contributed by atoms with Crippen LogP contribution in [0.2, 0.25) is 0 Å². The van der Waals surface area contributed by atoms with Crippen LogP contribution in [-0.4, -0.2) is 66.1 Å². The molecule has 1 N–H and O–H groups in total. The molecule has 8 nitrogen and oxygen atoms in total. The lowest BCUT2D eigenvalue weighted by atomic mass is 10.2. The van der Waals surface area contributed by atoms with Gasteiger partial charge in [-0.25, -0.2) is 4.79 Å².